The van der Waals surface area contributed by atoms with Crippen molar-refractivity contribution in [3.63, 3.8) is 0 Å². The van der Waals surface area contributed by atoms with Crippen LogP contribution in [-0.2, 0) is 0 Å². The molecule has 1 atom stereocenters. The maximum atomic E-state index is 5.01. The zero-order chi connectivity index (χ0) is 30.6. The van der Waals surface area contributed by atoms with Crippen LogP contribution in [0.15, 0.2) is 169 Å². The quantitative estimate of drug-likeness (QED) is 0.154. The molecule has 0 bridgehead atoms. The van der Waals surface area contributed by atoms with Gasteiger partial charge in [-0.25, -0.2) is 4.68 Å². The monoisotopic (exact) mass is 619 g/mol. The van der Waals surface area contributed by atoms with E-state index in [9.17, 15) is 0 Å². The minimum atomic E-state index is -0.954. The van der Waals surface area contributed by atoms with E-state index in [-0.39, 0.29) is 6.04 Å². The lowest BCUT2D eigenvalue weighted by Gasteiger charge is -2.27. The summed E-state index contributed by atoms with van der Waals surface area (Å²) in [4.78, 5) is 0. The van der Waals surface area contributed by atoms with Crippen molar-refractivity contribution in [1.29, 1.82) is 0 Å². The Labute approximate surface area is 268 Å². The van der Waals surface area contributed by atoms with Crippen LogP contribution in [0.4, 0.5) is 0 Å². The van der Waals surface area contributed by atoms with Crippen molar-refractivity contribution in [2.24, 2.45) is 0 Å². The number of rotatable bonds is 9. The Kier molecular flexibility index (Phi) is 8.65. The highest BCUT2D eigenvalue weighted by atomic mass is 31.1. The minimum Gasteiger partial charge on any atom is -0.236 e. The van der Waals surface area contributed by atoms with E-state index < -0.39 is 15.8 Å². The second-order valence-corrected chi connectivity index (χ2v) is 15.6. The van der Waals surface area contributed by atoms with Gasteiger partial charge in [0.05, 0.1) is 11.5 Å². The molecule has 5 heteroatoms. The Hall–Kier alpha value is -4.42. The summed E-state index contributed by atoms with van der Waals surface area (Å²) < 4.78 is 2.24. The predicted molar refractivity (Wildman–Crippen MR) is 193 cm³/mol. The van der Waals surface area contributed by atoms with Crippen LogP contribution in [0.2, 0.25) is 0 Å². The molecule has 1 aliphatic carbocycles. The largest absolute Gasteiger partial charge is 0.236 e. The van der Waals surface area contributed by atoms with E-state index in [1.54, 1.807) is 0 Å². The van der Waals surface area contributed by atoms with Crippen molar-refractivity contribution in [3.05, 3.63) is 174 Å². The molecule has 0 aliphatic heterocycles. The van der Waals surface area contributed by atoms with Crippen LogP contribution in [0, 0.1) is 6.92 Å². The van der Waals surface area contributed by atoms with Crippen LogP contribution in [-0.4, -0.2) is 15.0 Å². The first-order valence-corrected chi connectivity index (χ1v) is 18.1. The van der Waals surface area contributed by atoms with Gasteiger partial charge in [0.2, 0.25) is 0 Å². The third-order valence-corrected chi connectivity index (χ3v) is 13.4. The van der Waals surface area contributed by atoms with E-state index in [1.807, 2.05) is 0 Å². The van der Waals surface area contributed by atoms with E-state index in [2.05, 4.69) is 176 Å². The average Bonchev–Trinajstić information content (AvgIpc) is 3.75. The summed E-state index contributed by atoms with van der Waals surface area (Å²) in [6, 6.07) is 52.4. The zero-order valence-corrected chi connectivity index (χ0v) is 27.3. The SMILES string of the molecule is Cc1ccccc1-c1nnn([C@@H](C)C2=C(P(c3ccccc3)c3ccccc3)CC=C2)c1P(c1ccccc1)c1ccccc1. The molecule has 45 heavy (non-hydrogen) atoms. The molecule has 0 fully saturated rings. The molecule has 0 radical (unpaired) electrons. The summed E-state index contributed by atoms with van der Waals surface area (Å²) in [6.07, 6.45) is 5.61. The Morgan fingerprint density at radius 2 is 1.07 bits per heavy atom. The van der Waals surface area contributed by atoms with Gasteiger partial charge < -0.3 is 0 Å². The van der Waals surface area contributed by atoms with Crippen molar-refractivity contribution >= 4 is 42.5 Å². The third-order valence-electron chi connectivity index (χ3n) is 8.37. The second kappa shape index (κ2) is 13.3. The van der Waals surface area contributed by atoms with Crippen LogP contribution >= 0.6 is 15.8 Å². The zero-order valence-electron chi connectivity index (χ0n) is 25.5. The Morgan fingerprint density at radius 1 is 0.600 bits per heavy atom. The Morgan fingerprint density at radius 3 is 1.58 bits per heavy atom. The standard InChI is InChI=1S/C40H35N3P2/c1-30-18-15-16-27-36(30)39-40(45(34-23-11-5-12-24-34)35-25-13-6-14-26-35)43(42-41-39)31(2)37-28-17-29-38(37)44(32-19-7-3-8-20-32)33-21-9-4-10-22-33/h3-28,31H,29H2,1-2H3/t31-/m0/s1. The van der Waals surface area contributed by atoms with Crippen molar-refractivity contribution in [2.45, 2.75) is 26.3 Å². The third kappa shape index (κ3) is 5.87. The number of hydrogen-bond donors (Lipinski definition) is 0. The van der Waals surface area contributed by atoms with E-state index in [4.69, 9.17) is 10.3 Å². The molecule has 0 N–H and O–H groups in total. The van der Waals surface area contributed by atoms with Crippen LogP contribution in [0.25, 0.3) is 11.3 Å². The highest BCUT2D eigenvalue weighted by Crippen LogP contribution is 2.51. The molecule has 1 aliphatic rings. The fourth-order valence-corrected chi connectivity index (χ4v) is 11.4. The molecule has 1 aromatic heterocycles. The van der Waals surface area contributed by atoms with Gasteiger partial charge in [-0.1, -0.05) is 163 Å². The van der Waals surface area contributed by atoms with Crippen LogP contribution < -0.4 is 26.7 Å². The van der Waals surface area contributed by atoms with Gasteiger partial charge in [0, 0.05) is 13.5 Å². The van der Waals surface area contributed by atoms with E-state index in [1.165, 1.54) is 43.1 Å². The summed E-state index contributed by atoms with van der Waals surface area (Å²) in [7, 11) is -1.66. The maximum absolute atomic E-state index is 5.01. The Bertz CT molecular complexity index is 1870. The molecule has 6 aromatic rings. The van der Waals surface area contributed by atoms with Crippen molar-refractivity contribution in [2.75, 3.05) is 0 Å². The van der Waals surface area contributed by atoms with E-state index in [0.29, 0.717) is 0 Å². The van der Waals surface area contributed by atoms with Crippen molar-refractivity contribution in [1.82, 2.24) is 15.0 Å². The lowest BCUT2D eigenvalue weighted by Crippen LogP contribution is -2.30. The Balaban J connectivity index is 1.45. The molecule has 5 aromatic carbocycles. The molecular weight excluding hydrogens is 584 g/mol. The molecular formula is C40H35N3P2. The molecule has 0 unspecified atom stereocenters. The average molecular weight is 620 g/mol. The molecule has 1 heterocycles. The van der Waals surface area contributed by atoms with E-state index >= 15 is 0 Å². The highest BCUT2D eigenvalue weighted by Gasteiger charge is 2.32. The summed E-state index contributed by atoms with van der Waals surface area (Å²) in [5.74, 6) is 0. The van der Waals surface area contributed by atoms with Gasteiger partial charge in [0.1, 0.15) is 5.69 Å². The van der Waals surface area contributed by atoms with Crippen LogP contribution in [0.5, 0.6) is 0 Å². The predicted octanol–water partition coefficient (Wildman–Crippen LogP) is 7.92. The first-order chi connectivity index (χ1) is 22.2. The van der Waals surface area contributed by atoms with Gasteiger partial charge in [0.15, 0.2) is 0 Å². The molecule has 0 spiro atoms. The lowest BCUT2D eigenvalue weighted by molar-refractivity contribution is 0.554. The molecule has 0 saturated heterocycles. The fraction of sp³-hybridized carbons (Fsp3) is 0.100. The summed E-state index contributed by atoms with van der Waals surface area (Å²) in [6.45, 7) is 4.47. The highest BCUT2D eigenvalue weighted by molar-refractivity contribution is 7.80. The summed E-state index contributed by atoms with van der Waals surface area (Å²) in [5, 5.41) is 16.8. The topological polar surface area (TPSA) is 30.7 Å². The van der Waals surface area contributed by atoms with Gasteiger partial charge >= 0.3 is 0 Å². The summed E-state index contributed by atoms with van der Waals surface area (Å²) in [5.41, 5.74) is 5.83. The number of nitrogens with zero attached hydrogens (tertiary/aromatic N) is 3. The second-order valence-electron chi connectivity index (χ2n) is 11.2. The number of aromatic nitrogens is 3. The van der Waals surface area contributed by atoms with Gasteiger partial charge in [-0.2, -0.15) is 0 Å². The van der Waals surface area contributed by atoms with Gasteiger partial charge in [-0.05, 0) is 65.9 Å². The fourth-order valence-electron chi connectivity index (χ4n) is 6.18. The van der Waals surface area contributed by atoms with Crippen LogP contribution in [0.3, 0.4) is 0 Å². The molecule has 220 valence electrons. The molecule has 7 rings (SSSR count). The maximum Gasteiger partial charge on any atom is 0.121 e. The van der Waals surface area contributed by atoms with Crippen molar-refractivity contribution in [3.8, 4) is 11.3 Å². The van der Waals surface area contributed by atoms with Gasteiger partial charge in [-0.15, -0.1) is 5.10 Å². The van der Waals surface area contributed by atoms with Gasteiger partial charge in [0.25, 0.3) is 0 Å². The first kappa shape index (κ1) is 29.3. The number of allylic oxidation sites excluding steroid dienone is 4. The normalized spacial score (nSPS) is 13.6. The first-order valence-electron chi connectivity index (χ1n) is 15.4. The van der Waals surface area contributed by atoms with Crippen molar-refractivity contribution < 1.29 is 0 Å². The van der Waals surface area contributed by atoms with Gasteiger partial charge in [-0.3, -0.25) is 0 Å². The summed E-state index contributed by atoms with van der Waals surface area (Å²) >= 11 is 0. The number of benzene rings is 5. The molecule has 0 saturated carbocycles. The lowest BCUT2D eigenvalue weighted by atomic mass is 10.1. The smallest absolute Gasteiger partial charge is 0.121 e. The number of hydrogen-bond acceptors (Lipinski definition) is 2. The molecule has 3 nitrogen and oxygen atoms in total. The number of aryl methyl sites for hydroxylation is 1. The van der Waals surface area contributed by atoms with E-state index in [0.717, 1.165) is 17.7 Å². The van der Waals surface area contributed by atoms with Crippen LogP contribution in [0.1, 0.15) is 24.9 Å². The minimum absolute atomic E-state index is 0.00568. The molecule has 0 amide bonds.